The number of nitrogens with zero attached hydrogens (tertiary/aromatic N) is 4. The number of aliphatic hydroxyl groups excluding tert-OH is 1. The Hall–Kier alpha value is -2.40. The molecule has 2 aliphatic heterocycles. The van der Waals surface area contributed by atoms with E-state index in [1.807, 2.05) is 24.7 Å². The van der Waals surface area contributed by atoms with Gasteiger partial charge in [0.1, 0.15) is 17.9 Å². The third-order valence-electron chi connectivity index (χ3n) is 7.44. The first-order valence-corrected chi connectivity index (χ1v) is 12.9. The van der Waals surface area contributed by atoms with Crippen LogP contribution in [0.2, 0.25) is 0 Å². The summed E-state index contributed by atoms with van der Waals surface area (Å²) in [4.78, 5) is 36.3. The van der Waals surface area contributed by atoms with Crippen LogP contribution in [0.1, 0.15) is 25.7 Å². The summed E-state index contributed by atoms with van der Waals surface area (Å²) in [5.74, 6) is 0.825. The highest BCUT2D eigenvalue weighted by molar-refractivity contribution is 14.1. The van der Waals surface area contributed by atoms with Gasteiger partial charge < -0.3 is 24.5 Å². The Balaban J connectivity index is 1.29. The van der Waals surface area contributed by atoms with Gasteiger partial charge in [-0.15, -0.1) is 0 Å². The molecule has 0 bridgehead atoms. The first kappa shape index (κ1) is 22.4. The lowest BCUT2D eigenvalue weighted by atomic mass is 9.71. The van der Waals surface area contributed by atoms with E-state index < -0.39 is 6.61 Å². The van der Waals surface area contributed by atoms with E-state index in [4.69, 9.17) is 10.1 Å². The molecule has 0 aliphatic carbocycles. The van der Waals surface area contributed by atoms with Crippen LogP contribution in [0.4, 0.5) is 5.82 Å². The predicted molar refractivity (Wildman–Crippen MR) is 137 cm³/mol. The predicted octanol–water partition coefficient (Wildman–Crippen LogP) is 2.99. The zero-order valence-corrected chi connectivity index (χ0v) is 20.6. The number of aromatic amines is 1. The minimum Gasteiger partial charge on any atom is -0.387 e. The minimum absolute atomic E-state index is 0.00784. The lowest BCUT2D eigenvalue weighted by Crippen LogP contribution is -2.49. The Kier molecular flexibility index (Phi) is 6.17. The minimum atomic E-state index is -0.392. The Bertz CT molecular complexity index is 1200. The Morgan fingerprint density at radius 2 is 1.85 bits per heavy atom. The van der Waals surface area contributed by atoms with Crippen LogP contribution in [0.3, 0.4) is 0 Å². The Morgan fingerprint density at radius 1 is 1.12 bits per heavy atom. The Labute approximate surface area is 205 Å². The third-order valence-corrected chi connectivity index (χ3v) is 8.18. The number of rotatable bonds is 4. The molecule has 9 heteroatoms. The zero-order valence-electron chi connectivity index (χ0n) is 18.5. The average Bonchev–Trinajstić information content (AvgIpc) is 3.36. The van der Waals surface area contributed by atoms with E-state index in [0.717, 1.165) is 74.2 Å². The summed E-state index contributed by atoms with van der Waals surface area (Å²) in [7, 11) is 0. The Morgan fingerprint density at radius 3 is 2.48 bits per heavy atom. The largest absolute Gasteiger partial charge is 0.387 e. The summed E-state index contributed by atoms with van der Waals surface area (Å²) in [6.45, 7) is 3.03. The van der Waals surface area contributed by atoms with Crippen molar-refractivity contribution in [2.75, 3.05) is 37.7 Å². The van der Waals surface area contributed by atoms with Crippen LogP contribution in [0.15, 0.2) is 41.6 Å². The van der Waals surface area contributed by atoms with Crippen molar-refractivity contribution < 1.29 is 9.90 Å². The van der Waals surface area contributed by atoms with Crippen molar-refractivity contribution in [1.82, 2.24) is 19.4 Å². The fourth-order valence-corrected chi connectivity index (χ4v) is 5.80. The summed E-state index contributed by atoms with van der Waals surface area (Å²) >= 11 is 2.20. The number of hydrogen-bond acceptors (Lipinski definition) is 5. The number of carbonyl (C=O) groups is 1. The quantitative estimate of drug-likeness (QED) is 0.378. The van der Waals surface area contributed by atoms with Gasteiger partial charge in [0.15, 0.2) is 0 Å². The number of amides is 1. The van der Waals surface area contributed by atoms with Gasteiger partial charge in [0.05, 0.1) is 4.55 Å². The van der Waals surface area contributed by atoms with Crippen LogP contribution in [0.25, 0.3) is 22.0 Å². The maximum atomic E-state index is 12.5. The van der Waals surface area contributed by atoms with E-state index in [1.54, 1.807) is 9.47 Å². The van der Waals surface area contributed by atoms with Gasteiger partial charge >= 0.3 is 0 Å². The summed E-state index contributed by atoms with van der Waals surface area (Å²) in [5, 5.41) is 10.0. The normalized spacial score (nSPS) is 18.2. The van der Waals surface area contributed by atoms with Crippen molar-refractivity contribution in [1.29, 1.82) is 0 Å². The van der Waals surface area contributed by atoms with Gasteiger partial charge in [-0.3, -0.25) is 9.59 Å². The highest BCUT2D eigenvalue weighted by Gasteiger charge is 2.38. The topological polar surface area (TPSA) is 94.5 Å². The van der Waals surface area contributed by atoms with Crippen molar-refractivity contribution in [3.8, 4) is 11.1 Å². The summed E-state index contributed by atoms with van der Waals surface area (Å²) in [6, 6.07) is 6.12. The number of pyridine rings is 2. The number of piperidine rings is 2. The monoisotopic (exact) mass is 561 g/mol. The number of alkyl halides is 1. The molecule has 0 saturated carbocycles. The second kappa shape index (κ2) is 9.09. The highest BCUT2D eigenvalue weighted by Crippen LogP contribution is 2.42. The number of nitrogens with one attached hydrogen (secondary N) is 1. The SMILES string of the molecule is O=C(CO)N1CCC2(CC1)CCN(c1ccc(-c3cn(CI)c(=O)c4[nH]ccc34)cn1)CC2. The first-order chi connectivity index (χ1) is 16.0. The molecule has 3 aromatic rings. The molecule has 2 saturated heterocycles. The maximum absolute atomic E-state index is 12.5. The molecule has 2 fully saturated rings. The van der Waals surface area contributed by atoms with Gasteiger partial charge in [0, 0.05) is 61.3 Å². The van der Waals surface area contributed by atoms with Gasteiger partial charge in [-0.25, -0.2) is 4.98 Å². The van der Waals surface area contributed by atoms with Gasteiger partial charge in [0.2, 0.25) is 5.91 Å². The molecule has 3 aromatic heterocycles. The average molecular weight is 561 g/mol. The number of H-pyrrole nitrogens is 1. The fraction of sp³-hybridized carbons (Fsp3) is 0.458. The van der Waals surface area contributed by atoms with Crippen LogP contribution in [0, 0.1) is 5.41 Å². The summed E-state index contributed by atoms with van der Waals surface area (Å²) in [5.41, 5.74) is 2.92. The zero-order chi connectivity index (χ0) is 23.0. The van der Waals surface area contributed by atoms with Gasteiger partial charge in [-0.1, -0.05) is 22.6 Å². The lowest BCUT2D eigenvalue weighted by molar-refractivity contribution is -0.136. The first-order valence-electron chi connectivity index (χ1n) is 11.4. The fourth-order valence-electron chi connectivity index (χ4n) is 5.29. The second-order valence-corrected chi connectivity index (χ2v) is 9.82. The van der Waals surface area contributed by atoms with E-state index in [2.05, 4.69) is 44.6 Å². The molecule has 1 amide bonds. The number of halogens is 1. The number of aliphatic hydroxyl groups is 1. The molecular weight excluding hydrogens is 533 g/mol. The van der Waals surface area contributed by atoms with Crippen molar-refractivity contribution in [2.45, 2.75) is 30.2 Å². The van der Waals surface area contributed by atoms with Gasteiger partial charge in [-0.05, 0) is 49.3 Å². The molecule has 5 rings (SSSR count). The summed E-state index contributed by atoms with van der Waals surface area (Å²) in [6.07, 6.45) is 9.85. The van der Waals surface area contributed by atoms with Gasteiger partial charge in [-0.2, -0.15) is 0 Å². The number of anilines is 1. The lowest BCUT2D eigenvalue weighted by Gasteiger charge is -2.47. The molecule has 0 unspecified atom stereocenters. The molecule has 1 spiro atoms. The van der Waals surface area contributed by atoms with E-state index in [0.29, 0.717) is 15.5 Å². The molecule has 0 radical (unpaired) electrons. The van der Waals surface area contributed by atoms with E-state index in [-0.39, 0.29) is 11.5 Å². The standard InChI is InChI=1S/C24H28IN5O3/c25-16-30-14-19(18-3-8-26-22(18)23(30)33)17-1-2-20(27-13-17)28-9-4-24(5-10-28)6-11-29(12-7-24)21(32)15-31/h1-3,8,13-14,26,31H,4-7,9-12,15-16H2. The van der Waals surface area contributed by atoms with Crippen LogP contribution in [-0.2, 0) is 9.35 Å². The number of carbonyl (C=O) groups excluding carboxylic acids is 1. The number of fused-ring (bicyclic) bond motifs is 1. The van der Waals surface area contributed by atoms with Crippen LogP contribution < -0.4 is 10.5 Å². The molecule has 2 N–H and O–H groups in total. The highest BCUT2D eigenvalue weighted by atomic mass is 127. The smallest absolute Gasteiger partial charge is 0.275 e. The number of likely N-dealkylation sites (tertiary alicyclic amines) is 1. The van der Waals surface area contributed by atoms with Crippen LogP contribution in [-0.4, -0.2) is 63.2 Å². The molecular formula is C24H28IN5O3. The molecule has 8 nitrogen and oxygen atoms in total. The third kappa shape index (κ3) is 4.16. The van der Waals surface area contributed by atoms with Crippen molar-refractivity contribution in [3.63, 3.8) is 0 Å². The molecule has 33 heavy (non-hydrogen) atoms. The van der Waals surface area contributed by atoms with E-state index in [9.17, 15) is 9.59 Å². The second-order valence-electron chi connectivity index (χ2n) is 9.13. The van der Waals surface area contributed by atoms with Crippen LogP contribution in [0.5, 0.6) is 0 Å². The molecule has 0 atom stereocenters. The van der Waals surface area contributed by atoms with Crippen molar-refractivity contribution in [2.24, 2.45) is 5.41 Å². The molecule has 5 heterocycles. The number of aromatic nitrogens is 3. The van der Waals surface area contributed by atoms with Crippen molar-refractivity contribution in [3.05, 3.63) is 47.1 Å². The van der Waals surface area contributed by atoms with E-state index >= 15 is 0 Å². The number of hydrogen-bond donors (Lipinski definition) is 2. The molecule has 2 aliphatic rings. The van der Waals surface area contributed by atoms with Crippen LogP contribution >= 0.6 is 22.6 Å². The summed E-state index contributed by atoms with van der Waals surface area (Å²) < 4.78 is 2.30. The van der Waals surface area contributed by atoms with Gasteiger partial charge in [0.25, 0.3) is 5.56 Å². The molecule has 0 aromatic carbocycles. The molecule has 174 valence electrons. The maximum Gasteiger partial charge on any atom is 0.275 e. The van der Waals surface area contributed by atoms with Crippen molar-refractivity contribution >= 4 is 45.2 Å². The van der Waals surface area contributed by atoms with E-state index in [1.165, 1.54) is 0 Å².